The summed E-state index contributed by atoms with van der Waals surface area (Å²) in [5, 5.41) is 7.06. The molecule has 2 aliphatic heterocycles. The molecule has 7 nitrogen and oxygen atoms in total. The van der Waals surface area contributed by atoms with Gasteiger partial charge in [-0.1, -0.05) is 13.0 Å². The van der Waals surface area contributed by atoms with E-state index in [1.807, 2.05) is 13.1 Å². The van der Waals surface area contributed by atoms with E-state index in [9.17, 15) is 4.39 Å². The number of morpholine rings is 1. The van der Waals surface area contributed by atoms with Crippen molar-refractivity contribution in [2.75, 3.05) is 66.6 Å². The molecule has 2 N–H and O–H groups in total. The summed E-state index contributed by atoms with van der Waals surface area (Å²) >= 11 is 0. The number of benzene rings is 1. The van der Waals surface area contributed by atoms with Gasteiger partial charge in [0.2, 0.25) is 0 Å². The molecule has 174 valence electrons. The topological polar surface area (TPSA) is 61.4 Å². The molecule has 0 radical (unpaired) electrons. The first-order valence-corrected chi connectivity index (χ1v) is 11.4. The lowest BCUT2D eigenvalue weighted by Gasteiger charge is -2.33. The number of rotatable bonds is 8. The second-order valence-corrected chi connectivity index (χ2v) is 8.63. The minimum atomic E-state index is -0.297. The standard InChI is InChI=1S/C23H38FN5O2/c1-18(16-29-10-12-31-13-11-29)15-26-23(25-2)27-20-6-8-28(9-7-20)17-19-4-5-22(30-3)21(24)14-19/h4-5,14,18,20H,6-13,15-17H2,1-3H3,(H2,25,26,27). The number of methoxy groups -OCH3 is 1. The van der Waals surface area contributed by atoms with Crippen molar-refractivity contribution in [3.8, 4) is 5.75 Å². The Morgan fingerprint density at radius 2 is 1.97 bits per heavy atom. The molecule has 1 aromatic rings. The van der Waals surface area contributed by atoms with Gasteiger partial charge >= 0.3 is 0 Å². The van der Waals surface area contributed by atoms with Gasteiger partial charge in [0.05, 0.1) is 20.3 Å². The molecule has 0 spiro atoms. The molecule has 8 heteroatoms. The summed E-state index contributed by atoms with van der Waals surface area (Å²) in [5.41, 5.74) is 0.983. The van der Waals surface area contributed by atoms with E-state index >= 15 is 0 Å². The van der Waals surface area contributed by atoms with Crippen molar-refractivity contribution in [3.63, 3.8) is 0 Å². The van der Waals surface area contributed by atoms with E-state index in [0.29, 0.717) is 17.7 Å². The van der Waals surface area contributed by atoms with Crippen LogP contribution < -0.4 is 15.4 Å². The Hall–Kier alpha value is -1.90. The third-order valence-electron chi connectivity index (χ3n) is 6.07. The number of ether oxygens (including phenoxy) is 2. The van der Waals surface area contributed by atoms with Crippen molar-refractivity contribution in [3.05, 3.63) is 29.6 Å². The molecule has 2 heterocycles. The van der Waals surface area contributed by atoms with Gasteiger partial charge in [-0.25, -0.2) is 4.39 Å². The molecular formula is C23H38FN5O2. The zero-order valence-corrected chi connectivity index (χ0v) is 19.2. The minimum Gasteiger partial charge on any atom is -0.494 e. The van der Waals surface area contributed by atoms with E-state index < -0.39 is 0 Å². The predicted octanol–water partition coefficient (Wildman–Crippen LogP) is 1.93. The van der Waals surface area contributed by atoms with Crippen LogP contribution in [0, 0.1) is 11.7 Å². The number of piperidine rings is 1. The molecule has 3 rings (SSSR count). The van der Waals surface area contributed by atoms with Crippen molar-refractivity contribution < 1.29 is 13.9 Å². The number of guanidine groups is 1. The molecule has 0 aliphatic carbocycles. The Balaban J connectivity index is 1.36. The molecule has 1 atom stereocenters. The van der Waals surface area contributed by atoms with Crippen LogP contribution in [0.15, 0.2) is 23.2 Å². The van der Waals surface area contributed by atoms with Crippen LogP contribution in [0.3, 0.4) is 0 Å². The smallest absolute Gasteiger partial charge is 0.191 e. The van der Waals surface area contributed by atoms with Crippen LogP contribution in [0.1, 0.15) is 25.3 Å². The number of nitrogens with one attached hydrogen (secondary N) is 2. The second kappa shape index (κ2) is 12.2. The molecule has 2 aliphatic rings. The van der Waals surface area contributed by atoms with Crippen molar-refractivity contribution in [1.29, 1.82) is 0 Å². The minimum absolute atomic E-state index is 0.296. The van der Waals surface area contributed by atoms with E-state index in [2.05, 4.69) is 32.3 Å². The average Bonchev–Trinajstić information content (AvgIpc) is 2.78. The van der Waals surface area contributed by atoms with Gasteiger partial charge in [-0.3, -0.25) is 14.8 Å². The summed E-state index contributed by atoms with van der Waals surface area (Å²) in [7, 11) is 3.32. The predicted molar refractivity (Wildman–Crippen MR) is 122 cm³/mol. The second-order valence-electron chi connectivity index (χ2n) is 8.63. The molecule has 2 saturated heterocycles. The van der Waals surface area contributed by atoms with Gasteiger partial charge in [0.1, 0.15) is 0 Å². The molecule has 31 heavy (non-hydrogen) atoms. The molecule has 0 saturated carbocycles. The summed E-state index contributed by atoms with van der Waals surface area (Å²) < 4.78 is 24.4. The highest BCUT2D eigenvalue weighted by molar-refractivity contribution is 5.79. The van der Waals surface area contributed by atoms with Crippen molar-refractivity contribution in [1.82, 2.24) is 20.4 Å². The zero-order chi connectivity index (χ0) is 22.1. The Morgan fingerprint density at radius 3 is 2.61 bits per heavy atom. The maximum atomic E-state index is 13.9. The summed E-state index contributed by atoms with van der Waals surface area (Å²) in [6, 6.07) is 5.63. The van der Waals surface area contributed by atoms with Gasteiger partial charge in [-0.05, 0) is 36.5 Å². The normalized spacial score (nSPS) is 20.5. The fourth-order valence-corrected chi connectivity index (χ4v) is 4.25. The summed E-state index contributed by atoms with van der Waals surface area (Å²) in [5.74, 6) is 1.42. The quantitative estimate of drug-likeness (QED) is 0.481. The lowest BCUT2D eigenvalue weighted by atomic mass is 10.0. The fraction of sp³-hybridized carbons (Fsp3) is 0.696. The van der Waals surface area contributed by atoms with Crippen molar-refractivity contribution in [2.45, 2.75) is 32.4 Å². The monoisotopic (exact) mass is 435 g/mol. The Bertz CT molecular complexity index is 703. The molecule has 0 amide bonds. The van der Waals surface area contributed by atoms with Gasteiger partial charge in [-0.2, -0.15) is 0 Å². The largest absolute Gasteiger partial charge is 0.494 e. The van der Waals surface area contributed by atoms with Gasteiger partial charge in [0.15, 0.2) is 17.5 Å². The number of nitrogens with zero attached hydrogens (tertiary/aromatic N) is 3. The molecular weight excluding hydrogens is 397 g/mol. The van der Waals surface area contributed by atoms with Gasteiger partial charge in [0, 0.05) is 58.9 Å². The van der Waals surface area contributed by atoms with Crippen molar-refractivity contribution >= 4 is 5.96 Å². The van der Waals surface area contributed by atoms with E-state index in [4.69, 9.17) is 9.47 Å². The summed E-state index contributed by atoms with van der Waals surface area (Å²) in [4.78, 5) is 9.25. The molecule has 0 aromatic heterocycles. The highest BCUT2D eigenvalue weighted by Crippen LogP contribution is 2.20. The van der Waals surface area contributed by atoms with Crippen LogP contribution in [0.5, 0.6) is 5.75 Å². The molecule has 1 aromatic carbocycles. The van der Waals surface area contributed by atoms with Crippen LogP contribution in [-0.2, 0) is 11.3 Å². The van der Waals surface area contributed by atoms with Crippen LogP contribution in [-0.4, -0.2) is 88.4 Å². The maximum Gasteiger partial charge on any atom is 0.191 e. The molecule has 1 unspecified atom stereocenters. The van der Waals surface area contributed by atoms with E-state index in [-0.39, 0.29) is 5.82 Å². The lowest BCUT2D eigenvalue weighted by molar-refractivity contribution is 0.0320. The van der Waals surface area contributed by atoms with Gasteiger partial charge < -0.3 is 20.1 Å². The van der Waals surface area contributed by atoms with Crippen LogP contribution in [0.4, 0.5) is 4.39 Å². The highest BCUT2D eigenvalue weighted by atomic mass is 19.1. The van der Waals surface area contributed by atoms with Gasteiger partial charge in [0.25, 0.3) is 0 Å². The van der Waals surface area contributed by atoms with E-state index in [1.165, 1.54) is 7.11 Å². The average molecular weight is 436 g/mol. The third-order valence-corrected chi connectivity index (χ3v) is 6.07. The van der Waals surface area contributed by atoms with Crippen LogP contribution in [0.25, 0.3) is 0 Å². The fourth-order valence-electron chi connectivity index (χ4n) is 4.25. The highest BCUT2D eigenvalue weighted by Gasteiger charge is 2.21. The summed E-state index contributed by atoms with van der Waals surface area (Å²) in [6.45, 7) is 10.7. The summed E-state index contributed by atoms with van der Waals surface area (Å²) in [6.07, 6.45) is 2.09. The van der Waals surface area contributed by atoms with Gasteiger partial charge in [-0.15, -0.1) is 0 Å². The van der Waals surface area contributed by atoms with E-state index in [0.717, 1.165) is 83.4 Å². The Labute approximate surface area is 186 Å². The van der Waals surface area contributed by atoms with Crippen molar-refractivity contribution in [2.24, 2.45) is 10.9 Å². The first-order chi connectivity index (χ1) is 15.1. The number of halogens is 1. The number of hydrogen-bond acceptors (Lipinski definition) is 5. The Kier molecular flexibility index (Phi) is 9.36. The Morgan fingerprint density at radius 1 is 1.23 bits per heavy atom. The first kappa shape index (κ1) is 23.8. The SMILES string of the molecule is CN=C(NCC(C)CN1CCOCC1)NC1CCN(Cc2ccc(OC)c(F)c2)CC1. The van der Waals surface area contributed by atoms with E-state index in [1.54, 1.807) is 12.1 Å². The number of aliphatic imine (C=N–C) groups is 1. The zero-order valence-electron chi connectivity index (χ0n) is 19.2. The number of likely N-dealkylation sites (tertiary alicyclic amines) is 1. The van der Waals surface area contributed by atoms with Crippen LogP contribution in [0.2, 0.25) is 0 Å². The first-order valence-electron chi connectivity index (χ1n) is 11.4. The number of hydrogen-bond donors (Lipinski definition) is 2. The molecule has 2 fully saturated rings. The van der Waals surface area contributed by atoms with Crippen LogP contribution >= 0.6 is 0 Å². The maximum absolute atomic E-state index is 13.9. The molecule has 0 bridgehead atoms. The lowest BCUT2D eigenvalue weighted by Crippen LogP contribution is -2.49. The third kappa shape index (κ3) is 7.63.